The van der Waals surface area contributed by atoms with E-state index in [1.807, 2.05) is 0 Å². The van der Waals surface area contributed by atoms with Crippen molar-refractivity contribution in [2.45, 2.75) is 23.9 Å². The number of carbonyl (C=O) groups is 1. The lowest BCUT2D eigenvalue weighted by Crippen LogP contribution is -2.20. The van der Waals surface area contributed by atoms with Crippen LogP contribution in [0.25, 0.3) is 16.8 Å². The summed E-state index contributed by atoms with van der Waals surface area (Å²) in [4.78, 5) is 14.0. The van der Waals surface area contributed by atoms with Crippen LogP contribution in [0.4, 0.5) is 22.0 Å². The second-order valence-electron chi connectivity index (χ2n) is 6.57. The molecule has 0 aliphatic heterocycles. The van der Waals surface area contributed by atoms with Crippen LogP contribution in [-0.4, -0.2) is 29.1 Å². The van der Waals surface area contributed by atoms with Gasteiger partial charge in [-0.1, -0.05) is 30.3 Å². The Morgan fingerprint density at radius 3 is 2.19 bits per heavy atom. The monoisotopic (exact) mass is 475 g/mol. The van der Waals surface area contributed by atoms with E-state index >= 15 is 0 Å². The fraction of sp³-hybridized carbons (Fsp3) is 0.167. The summed E-state index contributed by atoms with van der Waals surface area (Å²) in [6.07, 6.45) is -7.51. The molecule has 0 radical (unpaired) electrons. The van der Waals surface area contributed by atoms with Crippen molar-refractivity contribution in [3.63, 3.8) is 0 Å². The van der Waals surface area contributed by atoms with Crippen LogP contribution < -0.4 is 10.9 Å². The summed E-state index contributed by atoms with van der Waals surface area (Å²) in [6.45, 7) is 0. The molecule has 0 saturated heterocycles. The summed E-state index contributed by atoms with van der Waals surface area (Å²) in [5, 5.41) is 8.61. The number of primary sulfonamides is 1. The van der Waals surface area contributed by atoms with Crippen LogP contribution in [0.2, 0.25) is 0 Å². The molecule has 32 heavy (non-hydrogen) atoms. The normalized spacial score (nSPS) is 12.3. The van der Waals surface area contributed by atoms with Gasteiger partial charge in [0.05, 0.1) is 12.1 Å². The molecule has 0 spiro atoms. The molecule has 2 aromatic carbocycles. The van der Waals surface area contributed by atoms with Gasteiger partial charge in [-0.3, -0.25) is 4.79 Å². The number of rotatable bonds is 6. The lowest BCUT2D eigenvalue weighted by molar-refractivity contribution is -0.144. The summed E-state index contributed by atoms with van der Waals surface area (Å²) < 4.78 is 90.1. The average Bonchev–Trinajstić information content (AvgIpc) is 3.17. The van der Waals surface area contributed by atoms with Crippen molar-refractivity contribution in [1.29, 1.82) is 0 Å². The van der Waals surface area contributed by atoms with Crippen molar-refractivity contribution in [2.75, 3.05) is 0 Å². The molecule has 0 bridgehead atoms. The molecule has 1 aromatic heterocycles. The fourth-order valence-electron chi connectivity index (χ4n) is 3.04. The van der Waals surface area contributed by atoms with E-state index in [0.717, 1.165) is 18.2 Å². The molecule has 1 amide bonds. The van der Waals surface area contributed by atoms with Crippen LogP contribution in [-0.2, 0) is 27.4 Å². The number of hydrogen-bond donors (Lipinski definition) is 2. The Bertz CT molecular complexity index is 1270. The molecular weight excluding hydrogens is 461 g/mol. The van der Waals surface area contributed by atoms with Gasteiger partial charge in [-0.05, 0) is 17.2 Å². The van der Waals surface area contributed by atoms with E-state index in [2.05, 4.69) is 10.1 Å². The lowest BCUT2D eigenvalue weighted by Gasteiger charge is -2.17. The maximum atomic E-state index is 12.9. The van der Waals surface area contributed by atoms with Crippen LogP contribution in [0.3, 0.4) is 0 Å². The SMILES string of the molecule is NC(=O)Cc1ccc(-n2cnc(C(F)(F)F)n2)c(S(N)(=O)=O)c1-c1ccc(C(F)F)cc1. The number of amides is 1. The van der Waals surface area contributed by atoms with E-state index in [0.29, 0.717) is 11.0 Å². The number of sulfonamides is 1. The van der Waals surface area contributed by atoms with Crippen LogP contribution in [0, 0.1) is 0 Å². The number of primary amides is 1. The average molecular weight is 475 g/mol. The quantitative estimate of drug-likeness (QED) is 0.529. The molecule has 0 unspecified atom stereocenters. The van der Waals surface area contributed by atoms with E-state index in [9.17, 15) is 35.2 Å². The van der Waals surface area contributed by atoms with Gasteiger partial charge >= 0.3 is 6.18 Å². The van der Waals surface area contributed by atoms with Gasteiger partial charge < -0.3 is 5.73 Å². The van der Waals surface area contributed by atoms with Gasteiger partial charge in [0.15, 0.2) is 0 Å². The first kappa shape index (κ1) is 23.3. The van der Waals surface area contributed by atoms with Gasteiger partial charge in [-0.25, -0.2) is 32.0 Å². The minimum atomic E-state index is -4.90. The number of aromatic nitrogens is 3. The van der Waals surface area contributed by atoms with E-state index in [1.165, 1.54) is 18.2 Å². The minimum Gasteiger partial charge on any atom is -0.369 e. The van der Waals surface area contributed by atoms with Gasteiger partial charge in [0.2, 0.25) is 15.9 Å². The Kier molecular flexibility index (Phi) is 6.02. The smallest absolute Gasteiger partial charge is 0.369 e. The zero-order chi connectivity index (χ0) is 23.8. The second kappa shape index (κ2) is 8.27. The molecule has 1 heterocycles. The standard InChI is InChI=1S/C18H14F5N5O3S/c19-16(20)10-3-1-9(2-4-10)14-11(7-13(24)29)5-6-12(15(14)32(25,30)31)28-8-26-17(27-28)18(21,22)23/h1-6,8,16H,7H2,(H2,24,29)(H2,25,30,31). The Morgan fingerprint density at radius 2 is 1.72 bits per heavy atom. The Morgan fingerprint density at radius 1 is 1.09 bits per heavy atom. The highest BCUT2D eigenvalue weighted by molar-refractivity contribution is 7.89. The number of hydrogen-bond acceptors (Lipinski definition) is 5. The molecular formula is C18H14F5N5O3S. The van der Waals surface area contributed by atoms with Crippen molar-refractivity contribution >= 4 is 15.9 Å². The molecule has 0 aliphatic carbocycles. The topological polar surface area (TPSA) is 134 Å². The highest BCUT2D eigenvalue weighted by Gasteiger charge is 2.36. The summed E-state index contributed by atoms with van der Waals surface area (Å²) in [6, 6.07) is 6.74. The minimum absolute atomic E-state index is 0.0613. The van der Waals surface area contributed by atoms with Crippen molar-refractivity contribution in [2.24, 2.45) is 10.9 Å². The first-order chi connectivity index (χ1) is 14.8. The van der Waals surface area contributed by atoms with Crippen molar-refractivity contribution < 1.29 is 35.2 Å². The van der Waals surface area contributed by atoms with Crippen LogP contribution in [0.1, 0.15) is 23.4 Å². The predicted octanol–water partition coefficient (Wildman–Crippen LogP) is 2.57. The predicted molar refractivity (Wildman–Crippen MR) is 101 cm³/mol. The maximum Gasteiger partial charge on any atom is 0.453 e. The number of nitrogens with two attached hydrogens (primary N) is 2. The van der Waals surface area contributed by atoms with E-state index in [-0.39, 0.29) is 22.3 Å². The number of halogens is 5. The van der Waals surface area contributed by atoms with Crippen molar-refractivity contribution in [1.82, 2.24) is 14.8 Å². The third-order valence-corrected chi connectivity index (χ3v) is 5.30. The number of carbonyl (C=O) groups excluding carboxylic acids is 1. The van der Waals surface area contributed by atoms with E-state index < -0.39 is 51.4 Å². The second-order valence-corrected chi connectivity index (χ2v) is 8.07. The summed E-state index contributed by atoms with van der Waals surface area (Å²) in [5.74, 6) is -2.37. The third kappa shape index (κ3) is 4.75. The summed E-state index contributed by atoms with van der Waals surface area (Å²) in [5.41, 5.74) is 4.41. The molecule has 0 saturated carbocycles. The third-order valence-electron chi connectivity index (χ3n) is 4.32. The summed E-state index contributed by atoms with van der Waals surface area (Å²) >= 11 is 0. The zero-order valence-electron chi connectivity index (χ0n) is 15.8. The lowest BCUT2D eigenvalue weighted by atomic mass is 9.95. The number of nitrogens with zero attached hydrogens (tertiary/aromatic N) is 3. The van der Waals surface area contributed by atoms with Crippen molar-refractivity contribution in [3.8, 4) is 16.8 Å². The first-order valence-corrected chi connectivity index (χ1v) is 10.2. The molecule has 4 N–H and O–H groups in total. The van der Waals surface area contributed by atoms with Crippen LogP contribution >= 0.6 is 0 Å². The fourth-order valence-corrected chi connectivity index (χ4v) is 4.02. The van der Waals surface area contributed by atoms with Crippen LogP contribution in [0.15, 0.2) is 47.6 Å². The Hall–Kier alpha value is -3.39. The van der Waals surface area contributed by atoms with E-state index in [4.69, 9.17) is 10.9 Å². The highest BCUT2D eigenvalue weighted by atomic mass is 32.2. The Labute approximate surface area is 177 Å². The number of alkyl halides is 5. The van der Waals surface area contributed by atoms with Crippen molar-refractivity contribution in [3.05, 3.63) is 59.7 Å². The molecule has 0 aliphatic rings. The van der Waals surface area contributed by atoms with Gasteiger partial charge in [0.1, 0.15) is 11.2 Å². The highest BCUT2D eigenvalue weighted by Crippen LogP contribution is 2.36. The molecule has 3 aromatic rings. The first-order valence-electron chi connectivity index (χ1n) is 8.63. The van der Waals surface area contributed by atoms with Gasteiger partial charge in [0.25, 0.3) is 12.2 Å². The van der Waals surface area contributed by atoms with Gasteiger partial charge in [-0.15, -0.1) is 5.10 Å². The number of benzene rings is 2. The van der Waals surface area contributed by atoms with E-state index in [1.54, 1.807) is 0 Å². The molecule has 14 heteroatoms. The van der Waals surface area contributed by atoms with Gasteiger partial charge in [0, 0.05) is 11.1 Å². The molecule has 0 fully saturated rings. The van der Waals surface area contributed by atoms with Gasteiger partial charge in [-0.2, -0.15) is 13.2 Å². The molecule has 0 atom stereocenters. The largest absolute Gasteiger partial charge is 0.453 e. The molecule has 3 rings (SSSR count). The summed E-state index contributed by atoms with van der Waals surface area (Å²) in [7, 11) is -4.64. The zero-order valence-corrected chi connectivity index (χ0v) is 16.7. The molecule has 8 nitrogen and oxygen atoms in total. The Balaban J connectivity index is 2.35. The molecule has 170 valence electrons. The van der Waals surface area contributed by atoms with Crippen LogP contribution in [0.5, 0.6) is 0 Å². The maximum absolute atomic E-state index is 12.9.